The van der Waals surface area contributed by atoms with Crippen molar-refractivity contribution in [1.29, 1.82) is 0 Å². The summed E-state index contributed by atoms with van der Waals surface area (Å²) in [5.41, 5.74) is 7.81. The average Bonchev–Trinajstić information content (AvgIpc) is 2.79. The number of rotatable bonds is 6. The molecule has 0 bridgehead atoms. The monoisotopic (exact) mass is 363 g/mol. The Balaban J connectivity index is 1.69. The molecule has 1 heterocycles. The number of nitrogens with one attached hydrogen (secondary N) is 2. The zero-order valence-corrected chi connectivity index (χ0v) is 16.8. The molecule has 0 saturated carbocycles. The molecule has 7 heteroatoms. The topological polar surface area (TPSA) is 73.6 Å². The van der Waals surface area contributed by atoms with Gasteiger partial charge < -0.3 is 21.3 Å². The molecule has 0 radical (unpaired) electrons. The minimum Gasteiger partial charge on any atom is -0.399 e. The van der Waals surface area contributed by atoms with Crippen LogP contribution < -0.4 is 21.3 Å². The van der Waals surface area contributed by atoms with E-state index in [1.807, 2.05) is 12.1 Å². The van der Waals surface area contributed by atoms with E-state index in [2.05, 4.69) is 52.2 Å². The molecule has 0 aromatic heterocycles. The van der Waals surface area contributed by atoms with E-state index in [0.29, 0.717) is 6.54 Å². The van der Waals surface area contributed by atoms with E-state index >= 15 is 0 Å². The second-order valence-electron chi connectivity index (χ2n) is 7.94. The summed E-state index contributed by atoms with van der Waals surface area (Å²) >= 11 is 0. The number of hydrogen-bond donors (Lipinski definition) is 3. The van der Waals surface area contributed by atoms with Gasteiger partial charge in [-0.25, -0.2) is 4.79 Å². The third-order valence-corrected chi connectivity index (χ3v) is 5.58. The predicted octanol–water partition coefficient (Wildman–Crippen LogP) is 1.96. The van der Waals surface area contributed by atoms with E-state index in [9.17, 15) is 4.79 Å². The molecule has 6 nitrogen and oxygen atoms in total. The first kappa shape index (κ1) is 19.6. The molecule has 140 valence electrons. The van der Waals surface area contributed by atoms with Gasteiger partial charge in [0, 0.05) is 50.3 Å². The van der Waals surface area contributed by atoms with E-state index in [-0.39, 0.29) is 6.03 Å². The summed E-state index contributed by atoms with van der Waals surface area (Å²) in [5, 5.41) is 5.96. The molecule has 4 N–H and O–H groups in total. The van der Waals surface area contributed by atoms with Crippen LogP contribution in [0.5, 0.6) is 0 Å². The molecule has 1 fully saturated rings. The van der Waals surface area contributed by atoms with Crippen LogP contribution in [0.15, 0.2) is 24.3 Å². The molecule has 1 aliphatic heterocycles. The maximum atomic E-state index is 11.8. The molecule has 1 aromatic rings. The first-order chi connectivity index (χ1) is 11.8. The Morgan fingerprint density at radius 2 is 1.80 bits per heavy atom. The Bertz CT molecular complexity index is 543. The lowest BCUT2D eigenvalue weighted by Gasteiger charge is -2.24. The number of hydrogen-bond acceptors (Lipinski definition) is 4. The summed E-state index contributed by atoms with van der Waals surface area (Å²) in [6.07, 6.45) is 1.95. The van der Waals surface area contributed by atoms with Crippen molar-refractivity contribution >= 4 is 25.5 Å². The summed E-state index contributed by atoms with van der Waals surface area (Å²) < 4.78 is 0. The van der Waals surface area contributed by atoms with Gasteiger partial charge in [0.05, 0.1) is 8.07 Å². The van der Waals surface area contributed by atoms with Crippen molar-refractivity contribution in [2.45, 2.75) is 26.1 Å². The van der Waals surface area contributed by atoms with Crippen LogP contribution in [0.1, 0.15) is 6.42 Å². The molecule has 1 aliphatic rings. The third-order valence-electron chi connectivity index (χ3n) is 4.34. The van der Waals surface area contributed by atoms with Crippen molar-refractivity contribution in [3.8, 4) is 0 Å². The Kier molecular flexibility index (Phi) is 7.13. The summed E-state index contributed by atoms with van der Waals surface area (Å²) in [6.45, 7) is 12.5. The molecule has 2 rings (SSSR count). The highest BCUT2D eigenvalue weighted by atomic mass is 28.3. The Labute approximate surface area is 152 Å². The normalized spacial score (nSPS) is 16.4. The molecular formula is C18H33N5OSi. The van der Waals surface area contributed by atoms with E-state index in [1.165, 1.54) is 5.69 Å². The predicted molar refractivity (Wildman–Crippen MR) is 109 cm³/mol. The molecule has 1 saturated heterocycles. The van der Waals surface area contributed by atoms with Gasteiger partial charge in [-0.15, -0.1) is 0 Å². The number of nitrogens with zero attached hydrogens (tertiary/aromatic N) is 2. The molecule has 0 spiro atoms. The number of carbonyl (C=O) groups is 1. The molecule has 0 aliphatic carbocycles. The van der Waals surface area contributed by atoms with Crippen LogP contribution in [0.4, 0.5) is 16.2 Å². The van der Waals surface area contributed by atoms with Crippen LogP contribution in [-0.2, 0) is 0 Å². The zero-order chi connectivity index (χ0) is 18.3. The largest absolute Gasteiger partial charge is 0.399 e. The standard InChI is InChI=1S/C18H33N5OSi/c1-25(2,3)15-21-18(24)20-9-12-22-10-4-11-23(14-13-22)17-7-5-16(19)6-8-17/h5-8H,4,9-15,19H2,1-3H3,(H2,20,21,24). The lowest BCUT2D eigenvalue weighted by molar-refractivity contribution is 0.237. The van der Waals surface area contributed by atoms with Crippen molar-refractivity contribution in [2.75, 3.05) is 56.1 Å². The van der Waals surface area contributed by atoms with Gasteiger partial charge in [0.1, 0.15) is 0 Å². The maximum absolute atomic E-state index is 11.8. The summed E-state index contributed by atoms with van der Waals surface area (Å²) in [6, 6.07) is 8.06. The SMILES string of the molecule is C[Si](C)(C)CNC(=O)NCCN1CCCN(c2ccc(N)cc2)CC1. The Morgan fingerprint density at radius 1 is 1.08 bits per heavy atom. The lowest BCUT2D eigenvalue weighted by Crippen LogP contribution is -2.46. The molecule has 2 amide bonds. The third kappa shape index (κ3) is 7.35. The highest BCUT2D eigenvalue weighted by Crippen LogP contribution is 2.18. The fourth-order valence-corrected chi connectivity index (χ4v) is 3.56. The fraction of sp³-hybridized carbons (Fsp3) is 0.611. The number of benzene rings is 1. The number of urea groups is 1. The first-order valence-corrected chi connectivity index (χ1v) is 12.9. The Hall–Kier alpha value is -1.73. The smallest absolute Gasteiger partial charge is 0.314 e. The van der Waals surface area contributed by atoms with Crippen LogP contribution in [0.25, 0.3) is 0 Å². The fourth-order valence-electron chi connectivity index (χ4n) is 2.87. The van der Waals surface area contributed by atoms with Crippen molar-refractivity contribution < 1.29 is 4.79 Å². The number of anilines is 2. The van der Waals surface area contributed by atoms with Gasteiger partial charge in [-0.1, -0.05) is 19.6 Å². The van der Waals surface area contributed by atoms with Gasteiger partial charge in [-0.3, -0.25) is 4.90 Å². The minimum atomic E-state index is -1.24. The van der Waals surface area contributed by atoms with E-state index in [4.69, 9.17) is 5.73 Å². The molecule has 25 heavy (non-hydrogen) atoms. The quantitative estimate of drug-likeness (QED) is 0.534. The van der Waals surface area contributed by atoms with Gasteiger partial charge >= 0.3 is 6.03 Å². The summed E-state index contributed by atoms with van der Waals surface area (Å²) in [4.78, 5) is 16.7. The van der Waals surface area contributed by atoms with Gasteiger partial charge in [0.25, 0.3) is 0 Å². The van der Waals surface area contributed by atoms with Crippen LogP contribution >= 0.6 is 0 Å². The van der Waals surface area contributed by atoms with Crippen LogP contribution in [-0.4, -0.2) is 64.4 Å². The van der Waals surface area contributed by atoms with Gasteiger partial charge in [-0.05, 0) is 37.2 Å². The van der Waals surface area contributed by atoms with Crippen molar-refractivity contribution in [2.24, 2.45) is 0 Å². The number of carbonyl (C=O) groups excluding carboxylic acids is 1. The summed E-state index contributed by atoms with van der Waals surface area (Å²) in [5.74, 6) is 0. The highest BCUT2D eigenvalue weighted by molar-refractivity contribution is 6.76. The number of nitrogens with two attached hydrogens (primary N) is 1. The van der Waals surface area contributed by atoms with Crippen molar-refractivity contribution in [1.82, 2.24) is 15.5 Å². The second-order valence-corrected chi connectivity index (χ2v) is 13.4. The zero-order valence-electron chi connectivity index (χ0n) is 15.8. The molecule has 0 atom stereocenters. The van der Waals surface area contributed by atoms with Gasteiger partial charge in [0.2, 0.25) is 0 Å². The first-order valence-electron chi connectivity index (χ1n) is 9.18. The highest BCUT2D eigenvalue weighted by Gasteiger charge is 2.16. The maximum Gasteiger partial charge on any atom is 0.314 e. The van der Waals surface area contributed by atoms with E-state index in [0.717, 1.165) is 51.0 Å². The van der Waals surface area contributed by atoms with E-state index in [1.54, 1.807) is 0 Å². The Morgan fingerprint density at radius 3 is 2.48 bits per heavy atom. The number of nitrogen functional groups attached to an aromatic ring is 1. The average molecular weight is 364 g/mol. The van der Waals surface area contributed by atoms with Crippen LogP contribution in [0, 0.1) is 0 Å². The van der Waals surface area contributed by atoms with Crippen molar-refractivity contribution in [3.63, 3.8) is 0 Å². The number of amides is 2. The summed E-state index contributed by atoms with van der Waals surface area (Å²) in [7, 11) is -1.24. The lowest BCUT2D eigenvalue weighted by atomic mass is 10.2. The van der Waals surface area contributed by atoms with E-state index < -0.39 is 8.07 Å². The van der Waals surface area contributed by atoms with Gasteiger partial charge in [-0.2, -0.15) is 0 Å². The molecular weight excluding hydrogens is 330 g/mol. The molecule has 0 unspecified atom stereocenters. The van der Waals surface area contributed by atoms with Crippen LogP contribution in [0.2, 0.25) is 19.6 Å². The van der Waals surface area contributed by atoms with Crippen molar-refractivity contribution in [3.05, 3.63) is 24.3 Å². The van der Waals surface area contributed by atoms with Gasteiger partial charge in [0.15, 0.2) is 0 Å². The van der Waals surface area contributed by atoms with Crippen LogP contribution in [0.3, 0.4) is 0 Å². The molecule has 1 aromatic carbocycles. The second kappa shape index (κ2) is 9.10. The minimum absolute atomic E-state index is 0.0410.